The smallest absolute Gasteiger partial charge is 0.310 e. The average Bonchev–Trinajstić information content (AvgIpc) is 3.47. The van der Waals surface area contributed by atoms with Gasteiger partial charge in [-0.25, -0.2) is 0 Å². The third kappa shape index (κ3) is 8.13. The van der Waals surface area contributed by atoms with Crippen molar-refractivity contribution >= 4 is 5.97 Å². The highest BCUT2D eigenvalue weighted by molar-refractivity contribution is 5.69. The Kier molecular flexibility index (Phi) is 12.3. The normalized spacial score (nSPS) is 33.9. The summed E-state index contributed by atoms with van der Waals surface area (Å²) < 4.78 is 68.3. The van der Waals surface area contributed by atoms with Gasteiger partial charge < -0.3 is 28.4 Å². The molecule has 0 N–H and O–H groups in total. The zero-order chi connectivity index (χ0) is 30.2. The van der Waals surface area contributed by atoms with Crippen LogP contribution in [0.5, 0.6) is 0 Å². The molecule has 0 bridgehead atoms. The SMILES string of the molecule is C=C[C@H](C[C@](C)(CCCC)[C@H]1[C@@H]2[C@H](C[C@H]1OC1CCCCO1)OC(=CCCCC(=O)OC)C2(F)F)OC1CCCCO1. The second-order valence-electron chi connectivity index (χ2n) is 12.7. The maximum atomic E-state index is 16.4. The molecule has 0 spiro atoms. The van der Waals surface area contributed by atoms with E-state index in [4.69, 9.17) is 23.7 Å². The molecule has 4 aliphatic rings. The minimum Gasteiger partial charge on any atom is -0.488 e. The Morgan fingerprint density at radius 2 is 1.86 bits per heavy atom. The van der Waals surface area contributed by atoms with Gasteiger partial charge in [-0.15, -0.1) is 6.58 Å². The monoisotopic (exact) mass is 598 g/mol. The van der Waals surface area contributed by atoms with Crippen molar-refractivity contribution < 1.29 is 42.0 Å². The van der Waals surface area contributed by atoms with Crippen molar-refractivity contribution in [3.05, 3.63) is 24.5 Å². The molecule has 0 aromatic rings. The first-order valence-electron chi connectivity index (χ1n) is 16.2. The van der Waals surface area contributed by atoms with Crippen LogP contribution in [0.4, 0.5) is 8.78 Å². The second-order valence-corrected chi connectivity index (χ2v) is 12.7. The minimum absolute atomic E-state index is 0.182. The van der Waals surface area contributed by atoms with Crippen molar-refractivity contribution in [1.29, 1.82) is 0 Å². The van der Waals surface area contributed by atoms with Gasteiger partial charge in [0.05, 0.1) is 25.2 Å². The van der Waals surface area contributed by atoms with Gasteiger partial charge in [0.15, 0.2) is 18.3 Å². The number of unbranched alkanes of at least 4 members (excludes halogenated alkanes) is 2. The lowest BCUT2D eigenvalue weighted by molar-refractivity contribution is -0.216. The Labute approximate surface area is 250 Å². The number of alkyl halides is 2. The number of halogens is 2. The molecule has 0 radical (unpaired) electrons. The van der Waals surface area contributed by atoms with E-state index in [0.29, 0.717) is 38.9 Å². The van der Waals surface area contributed by atoms with E-state index in [1.807, 2.05) is 0 Å². The first-order chi connectivity index (χ1) is 20.2. The Morgan fingerprint density at radius 1 is 1.14 bits per heavy atom. The third-order valence-electron chi connectivity index (χ3n) is 9.59. The molecular weight excluding hydrogens is 546 g/mol. The summed E-state index contributed by atoms with van der Waals surface area (Å²) in [5, 5.41) is 0. The number of allylic oxidation sites excluding steroid dienone is 2. The molecule has 240 valence electrons. The number of hydrogen-bond acceptors (Lipinski definition) is 7. The quantitative estimate of drug-likeness (QED) is 0.110. The summed E-state index contributed by atoms with van der Waals surface area (Å²) in [4.78, 5) is 11.5. The number of esters is 1. The van der Waals surface area contributed by atoms with Crippen LogP contribution in [-0.4, -0.2) is 63.1 Å². The first kappa shape index (κ1) is 33.3. The number of ether oxygens (including phenoxy) is 6. The lowest BCUT2D eigenvalue weighted by Gasteiger charge is -2.45. The molecule has 0 aromatic carbocycles. The second kappa shape index (κ2) is 15.4. The van der Waals surface area contributed by atoms with E-state index in [0.717, 1.165) is 57.8 Å². The van der Waals surface area contributed by atoms with Crippen LogP contribution in [0, 0.1) is 17.3 Å². The Hall–Kier alpha value is -1.55. The van der Waals surface area contributed by atoms with Gasteiger partial charge in [-0.2, -0.15) is 8.78 Å². The maximum Gasteiger partial charge on any atom is 0.310 e. The average molecular weight is 599 g/mol. The van der Waals surface area contributed by atoms with Gasteiger partial charge in [0, 0.05) is 32.0 Å². The number of fused-ring (bicyclic) bond motifs is 1. The molecule has 9 heteroatoms. The fourth-order valence-electron chi connectivity index (χ4n) is 7.42. The van der Waals surface area contributed by atoms with Crippen molar-refractivity contribution in [3.8, 4) is 0 Å². The highest BCUT2D eigenvalue weighted by atomic mass is 19.3. The maximum absolute atomic E-state index is 16.4. The van der Waals surface area contributed by atoms with E-state index < -0.39 is 35.4 Å². The van der Waals surface area contributed by atoms with E-state index in [1.165, 1.54) is 13.2 Å². The fourth-order valence-corrected chi connectivity index (χ4v) is 7.42. The van der Waals surface area contributed by atoms with Gasteiger partial charge in [0.1, 0.15) is 6.10 Å². The van der Waals surface area contributed by atoms with Crippen LogP contribution in [0.1, 0.15) is 104 Å². The topological polar surface area (TPSA) is 72.5 Å². The number of carbonyl (C=O) groups excluding carboxylic acids is 1. The summed E-state index contributed by atoms with van der Waals surface area (Å²) in [6, 6.07) is 0. The Morgan fingerprint density at radius 3 is 2.48 bits per heavy atom. The number of methoxy groups -OCH3 is 1. The number of rotatable bonds is 15. The van der Waals surface area contributed by atoms with Gasteiger partial charge >= 0.3 is 11.9 Å². The molecule has 1 saturated carbocycles. The predicted octanol–water partition coefficient (Wildman–Crippen LogP) is 7.48. The summed E-state index contributed by atoms with van der Waals surface area (Å²) in [5.41, 5.74) is -0.532. The summed E-state index contributed by atoms with van der Waals surface area (Å²) >= 11 is 0. The fraction of sp³-hybridized carbons (Fsp3) is 0.848. The van der Waals surface area contributed by atoms with Crippen LogP contribution in [0.2, 0.25) is 0 Å². The van der Waals surface area contributed by atoms with Gasteiger partial charge in [0.25, 0.3) is 0 Å². The van der Waals surface area contributed by atoms with Crippen LogP contribution in [0.15, 0.2) is 24.5 Å². The highest BCUT2D eigenvalue weighted by Gasteiger charge is 2.68. The standard InChI is InChI=1S/C33H52F2O7/c1-5-7-18-32(3,22-23(6-2)40-28-16-10-12-19-38-28)30-24(42-29-17-11-13-20-39-29)21-25-31(30)33(34,35)26(41-25)14-8-9-15-27(36)37-4/h6,14,23-25,28-31H,2,5,7-13,15-22H2,1,3-4H3/t23-,24-,25+,28?,29?,30-,31+,32+/m1/s1. The Bertz CT molecular complexity index is 899. The lowest BCUT2D eigenvalue weighted by Crippen LogP contribution is -2.47. The Balaban J connectivity index is 1.60. The highest BCUT2D eigenvalue weighted by Crippen LogP contribution is 2.61. The van der Waals surface area contributed by atoms with Crippen molar-refractivity contribution in [2.24, 2.45) is 17.3 Å². The summed E-state index contributed by atoms with van der Waals surface area (Å²) in [6.45, 7) is 9.60. The summed E-state index contributed by atoms with van der Waals surface area (Å²) in [5.74, 6) is -5.29. The largest absolute Gasteiger partial charge is 0.488 e. The molecule has 2 unspecified atom stereocenters. The van der Waals surface area contributed by atoms with Crippen LogP contribution in [0.25, 0.3) is 0 Å². The first-order valence-corrected chi connectivity index (χ1v) is 16.2. The molecule has 7 nitrogen and oxygen atoms in total. The van der Waals surface area contributed by atoms with Gasteiger partial charge in [-0.1, -0.05) is 32.8 Å². The summed E-state index contributed by atoms with van der Waals surface area (Å²) in [7, 11) is 1.33. The lowest BCUT2D eigenvalue weighted by atomic mass is 9.64. The van der Waals surface area contributed by atoms with Crippen molar-refractivity contribution in [3.63, 3.8) is 0 Å². The third-order valence-corrected chi connectivity index (χ3v) is 9.59. The van der Waals surface area contributed by atoms with Crippen LogP contribution in [0.3, 0.4) is 0 Å². The van der Waals surface area contributed by atoms with Gasteiger partial charge in [0.2, 0.25) is 0 Å². The van der Waals surface area contributed by atoms with Gasteiger partial charge in [-0.3, -0.25) is 4.79 Å². The van der Waals surface area contributed by atoms with Crippen LogP contribution in [-0.2, 0) is 33.2 Å². The predicted molar refractivity (Wildman–Crippen MR) is 155 cm³/mol. The zero-order valence-corrected chi connectivity index (χ0v) is 25.8. The molecule has 3 saturated heterocycles. The van der Waals surface area contributed by atoms with Crippen molar-refractivity contribution in [1.82, 2.24) is 0 Å². The van der Waals surface area contributed by atoms with Crippen LogP contribution < -0.4 is 0 Å². The van der Waals surface area contributed by atoms with Crippen LogP contribution >= 0.6 is 0 Å². The molecule has 3 aliphatic heterocycles. The molecule has 8 atom stereocenters. The zero-order valence-electron chi connectivity index (χ0n) is 25.8. The molecule has 3 heterocycles. The molecule has 4 rings (SSSR count). The van der Waals surface area contributed by atoms with E-state index >= 15 is 8.78 Å². The van der Waals surface area contributed by atoms with Crippen molar-refractivity contribution in [2.75, 3.05) is 20.3 Å². The molecular formula is C33H52F2O7. The summed E-state index contributed by atoms with van der Waals surface area (Å²) in [6.07, 6.45) is 11.3. The molecule has 4 fully saturated rings. The van der Waals surface area contributed by atoms with E-state index in [9.17, 15) is 4.79 Å². The number of carbonyl (C=O) groups is 1. The van der Waals surface area contributed by atoms with E-state index in [2.05, 4.69) is 25.2 Å². The minimum atomic E-state index is -3.16. The van der Waals surface area contributed by atoms with E-state index in [1.54, 1.807) is 6.08 Å². The van der Waals surface area contributed by atoms with Gasteiger partial charge in [-0.05, 0) is 75.7 Å². The number of hydrogen-bond donors (Lipinski definition) is 0. The molecule has 0 aromatic heterocycles. The molecule has 1 aliphatic carbocycles. The molecule has 42 heavy (non-hydrogen) atoms. The van der Waals surface area contributed by atoms with Crippen molar-refractivity contribution in [2.45, 2.75) is 141 Å². The molecule has 0 amide bonds. The van der Waals surface area contributed by atoms with E-state index in [-0.39, 0.29) is 36.8 Å².